The first-order chi connectivity index (χ1) is 13.5. The largest absolute Gasteiger partial charge is 0.460 e. The van der Waals surface area contributed by atoms with Crippen molar-refractivity contribution >= 4 is 45.6 Å². The van der Waals surface area contributed by atoms with Crippen LogP contribution in [-0.2, 0) is 20.7 Å². The van der Waals surface area contributed by atoms with Gasteiger partial charge in [0.25, 0.3) is 0 Å². The Morgan fingerprint density at radius 2 is 1.83 bits per heavy atom. The summed E-state index contributed by atoms with van der Waals surface area (Å²) in [6, 6.07) is 5.47. The third-order valence-corrected chi connectivity index (χ3v) is 5.16. The second-order valence-electron chi connectivity index (χ2n) is 7.54. The maximum absolute atomic E-state index is 13.0. The molecule has 8 heteroatoms. The van der Waals surface area contributed by atoms with E-state index in [0.717, 1.165) is 5.56 Å². The molecular weight excluding hydrogens is 412 g/mol. The van der Waals surface area contributed by atoms with Crippen LogP contribution in [0.4, 0.5) is 5.00 Å². The molecule has 0 aliphatic heterocycles. The van der Waals surface area contributed by atoms with Crippen molar-refractivity contribution in [3.63, 3.8) is 0 Å². The molecule has 0 spiro atoms. The quantitative estimate of drug-likeness (QED) is 0.500. The molecule has 0 radical (unpaired) electrons. The summed E-state index contributed by atoms with van der Waals surface area (Å²) in [7, 11) is 0. The Labute approximate surface area is 179 Å². The summed E-state index contributed by atoms with van der Waals surface area (Å²) in [5.41, 5.74) is 6.93. The van der Waals surface area contributed by atoms with Gasteiger partial charge in [-0.3, -0.25) is 14.4 Å². The number of rotatable bonds is 7. The van der Waals surface area contributed by atoms with E-state index in [-0.39, 0.29) is 12.2 Å². The number of nitrogens with one attached hydrogen (secondary N) is 1. The standard InChI is InChI=1S/C21H25ClN2O4S/c1-5-12-11-29-20(17(12)18(26)13-6-8-14(22)9-7-13)24-19(27)15(23)10-16(25)28-21(2,3)4/h6-9,11,15H,5,10,23H2,1-4H3,(H,24,27)/t15-/m0/s1. The lowest BCUT2D eigenvalue weighted by Gasteiger charge is -2.20. The number of benzene rings is 1. The fraction of sp³-hybridized carbons (Fsp3) is 0.381. The molecule has 0 saturated carbocycles. The average molecular weight is 437 g/mol. The van der Waals surface area contributed by atoms with Gasteiger partial charge >= 0.3 is 5.97 Å². The van der Waals surface area contributed by atoms with Gasteiger partial charge in [0.15, 0.2) is 5.78 Å². The van der Waals surface area contributed by atoms with Crippen LogP contribution in [0.3, 0.4) is 0 Å². The number of ether oxygens (including phenoxy) is 1. The summed E-state index contributed by atoms with van der Waals surface area (Å²) in [6.07, 6.45) is 0.376. The normalized spacial score (nSPS) is 12.3. The van der Waals surface area contributed by atoms with Crippen molar-refractivity contribution in [2.75, 3.05) is 5.32 Å². The van der Waals surface area contributed by atoms with Crippen molar-refractivity contribution < 1.29 is 19.1 Å². The molecule has 0 bridgehead atoms. The summed E-state index contributed by atoms with van der Waals surface area (Å²) < 4.78 is 5.20. The van der Waals surface area contributed by atoms with E-state index in [1.165, 1.54) is 11.3 Å². The van der Waals surface area contributed by atoms with Gasteiger partial charge in [-0.05, 0) is 62.4 Å². The van der Waals surface area contributed by atoms with E-state index in [0.29, 0.717) is 27.6 Å². The number of esters is 1. The van der Waals surface area contributed by atoms with E-state index in [2.05, 4.69) is 5.32 Å². The van der Waals surface area contributed by atoms with Crippen molar-refractivity contribution in [3.8, 4) is 0 Å². The third-order valence-electron chi connectivity index (χ3n) is 3.96. The molecule has 3 N–H and O–H groups in total. The molecule has 1 atom stereocenters. The fourth-order valence-electron chi connectivity index (χ4n) is 2.60. The Morgan fingerprint density at radius 1 is 1.21 bits per heavy atom. The van der Waals surface area contributed by atoms with Gasteiger partial charge in [-0.2, -0.15) is 0 Å². The second-order valence-corrected chi connectivity index (χ2v) is 8.86. The van der Waals surface area contributed by atoms with Gasteiger partial charge in [-0.15, -0.1) is 11.3 Å². The Balaban J connectivity index is 2.18. The molecule has 1 aromatic heterocycles. The lowest BCUT2D eigenvalue weighted by molar-refractivity contribution is -0.155. The van der Waals surface area contributed by atoms with Crippen LogP contribution < -0.4 is 11.1 Å². The number of nitrogens with two attached hydrogens (primary N) is 1. The Hall–Kier alpha value is -2.22. The number of halogens is 1. The minimum atomic E-state index is -1.09. The zero-order valence-corrected chi connectivity index (χ0v) is 18.4. The minimum absolute atomic E-state index is 0.212. The third kappa shape index (κ3) is 6.39. The van der Waals surface area contributed by atoms with Crippen LogP contribution >= 0.6 is 22.9 Å². The summed E-state index contributed by atoms with van der Waals surface area (Å²) >= 11 is 7.15. The van der Waals surface area contributed by atoms with Crippen molar-refractivity contribution in [2.24, 2.45) is 5.73 Å². The van der Waals surface area contributed by atoms with Gasteiger partial charge in [-0.25, -0.2) is 0 Å². The topological polar surface area (TPSA) is 98.5 Å². The number of amides is 1. The first-order valence-corrected chi connectivity index (χ1v) is 10.5. The van der Waals surface area contributed by atoms with Crippen LogP contribution in [0, 0.1) is 0 Å². The number of aryl methyl sites for hydroxylation is 1. The van der Waals surface area contributed by atoms with Gasteiger partial charge in [0, 0.05) is 10.6 Å². The smallest absolute Gasteiger partial charge is 0.308 e. The molecule has 1 aromatic carbocycles. The number of thiophene rings is 1. The molecular formula is C21H25ClN2O4S. The maximum Gasteiger partial charge on any atom is 0.308 e. The van der Waals surface area contributed by atoms with Crippen molar-refractivity contribution in [2.45, 2.75) is 52.2 Å². The zero-order chi connectivity index (χ0) is 21.8. The second kappa shape index (κ2) is 9.52. The number of hydrogen-bond donors (Lipinski definition) is 2. The van der Waals surface area contributed by atoms with Crippen molar-refractivity contribution in [1.29, 1.82) is 0 Å². The summed E-state index contributed by atoms with van der Waals surface area (Å²) in [6.45, 7) is 7.15. The van der Waals surface area contributed by atoms with Crippen LogP contribution in [0.2, 0.25) is 5.02 Å². The molecule has 2 rings (SSSR count). The monoisotopic (exact) mass is 436 g/mol. The van der Waals surface area contributed by atoms with Crippen molar-refractivity contribution in [1.82, 2.24) is 0 Å². The highest BCUT2D eigenvalue weighted by Gasteiger charge is 2.26. The maximum atomic E-state index is 13.0. The average Bonchev–Trinajstić information content (AvgIpc) is 3.02. The molecule has 1 amide bonds. The molecule has 0 unspecified atom stereocenters. The Kier molecular flexibility index (Phi) is 7.57. The van der Waals surface area contributed by atoms with Crippen LogP contribution in [-0.4, -0.2) is 29.3 Å². The Bertz CT molecular complexity index is 900. The fourth-order valence-corrected chi connectivity index (χ4v) is 3.77. The Morgan fingerprint density at radius 3 is 2.38 bits per heavy atom. The molecule has 29 heavy (non-hydrogen) atoms. The molecule has 1 heterocycles. The highest BCUT2D eigenvalue weighted by atomic mass is 35.5. The molecule has 0 aliphatic rings. The van der Waals surface area contributed by atoms with E-state index in [9.17, 15) is 14.4 Å². The summed E-state index contributed by atoms with van der Waals surface area (Å²) in [5.74, 6) is -1.32. The van der Waals surface area contributed by atoms with Crippen molar-refractivity contribution in [3.05, 3.63) is 51.4 Å². The van der Waals surface area contributed by atoms with E-state index in [1.54, 1.807) is 45.0 Å². The van der Waals surface area contributed by atoms with E-state index in [4.69, 9.17) is 22.1 Å². The first-order valence-electron chi connectivity index (χ1n) is 9.20. The van der Waals surface area contributed by atoms with Crippen LogP contribution in [0.5, 0.6) is 0 Å². The van der Waals surface area contributed by atoms with E-state index >= 15 is 0 Å². The number of hydrogen-bond acceptors (Lipinski definition) is 6. The highest BCUT2D eigenvalue weighted by molar-refractivity contribution is 7.15. The number of ketones is 1. The molecule has 156 valence electrons. The summed E-state index contributed by atoms with van der Waals surface area (Å²) in [5, 5.41) is 5.47. The predicted molar refractivity (Wildman–Crippen MR) is 116 cm³/mol. The van der Waals surface area contributed by atoms with Crippen LogP contribution in [0.1, 0.15) is 55.6 Å². The van der Waals surface area contributed by atoms with Crippen LogP contribution in [0.15, 0.2) is 29.6 Å². The molecule has 0 fully saturated rings. The lowest BCUT2D eigenvalue weighted by Crippen LogP contribution is -2.39. The van der Waals surface area contributed by atoms with E-state index in [1.807, 2.05) is 12.3 Å². The molecule has 0 aliphatic carbocycles. The van der Waals surface area contributed by atoms with E-state index < -0.39 is 23.5 Å². The number of anilines is 1. The minimum Gasteiger partial charge on any atom is -0.460 e. The van der Waals surface area contributed by atoms with Gasteiger partial charge in [0.05, 0.1) is 18.0 Å². The SMILES string of the molecule is CCc1csc(NC(=O)[C@@H](N)CC(=O)OC(C)(C)C)c1C(=O)c1ccc(Cl)cc1. The number of carbonyl (C=O) groups excluding carboxylic acids is 3. The predicted octanol–water partition coefficient (Wildman–Crippen LogP) is 4.19. The van der Waals surface area contributed by atoms with Gasteiger partial charge in [0.1, 0.15) is 10.6 Å². The van der Waals surface area contributed by atoms with Gasteiger partial charge in [-0.1, -0.05) is 18.5 Å². The molecule has 6 nitrogen and oxygen atoms in total. The van der Waals surface area contributed by atoms with Gasteiger partial charge < -0.3 is 15.8 Å². The first kappa shape index (κ1) is 23.1. The van der Waals surface area contributed by atoms with Gasteiger partial charge in [0.2, 0.25) is 5.91 Å². The molecule has 0 saturated heterocycles. The summed E-state index contributed by atoms with van der Waals surface area (Å²) in [4.78, 5) is 37.4. The number of carbonyl (C=O) groups is 3. The zero-order valence-electron chi connectivity index (χ0n) is 16.9. The molecule has 2 aromatic rings. The van der Waals surface area contributed by atoms with Crippen LogP contribution in [0.25, 0.3) is 0 Å². The lowest BCUT2D eigenvalue weighted by atomic mass is 10.0. The highest BCUT2D eigenvalue weighted by Crippen LogP contribution is 2.31.